The van der Waals surface area contributed by atoms with E-state index < -0.39 is 6.03 Å². The molecule has 1 heterocycles. The Balaban J connectivity index is 1.85. The Hall–Kier alpha value is -1.07. The maximum atomic E-state index is 10.6. The second-order valence-corrected chi connectivity index (χ2v) is 4.36. The minimum Gasteiger partial charge on any atom is -0.350 e. The van der Waals surface area contributed by atoms with Crippen molar-refractivity contribution < 1.29 is 10.0 Å². The second-order valence-electron chi connectivity index (χ2n) is 3.58. The molecule has 0 bridgehead atoms. The molecule has 1 aromatic heterocycles. The van der Waals surface area contributed by atoms with Crippen LogP contribution in [0.4, 0.5) is 4.79 Å². The van der Waals surface area contributed by atoms with Crippen LogP contribution in [-0.2, 0) is 0 Å². The van der Waals surface area contributed by atoms with E-state index in [0.29, 0.717) is 23.4 Å². The van der Waals surface area contributed by atoms with E-state index in [1.165, 1.54) is 5.56 Å². The monoisotopic (exact) mass is 212 g/mol. The van der Waals surface area contributed by atoms with Crippen LogP contribution < -0.4 is 5.73 Å². The van der Waals surface area contributed by atoms with E-state index in [1.807, 2.05) is 5.38 Å². The van der Waals surface area contributed by atoms with Crippen LogP contribution in [0.3, 0.4) is 0 Å². The standard InChI is InChI=1S/C9H12N2O2S/c10-9(12)11(13)4-7-3-8(7)6-1-2-14-5-6/h1-2,5,7-8,13H,3-4H2,(H2,10,12)/t7-,8-/m0/s1. The summed E-state index contributed by atoms with van der Waals surface area (Å²) >= 11 is 1.67. The van der Waals surface area contributed by atoms with Gasteiger partial charge in [-0.1, -0.05) is 0 Å². The van der Waals surface area contributed by atoms with Gasteiger partial charge in [0.2, 0.25) is 0 Å². The number of nitrogens with zero attached hydrogens (tertiary/aromatic N) is 1. The minimum absolute atomic E-state index is 0.343. The van der Waals surface area contributed by atoms with Crippen LogP contribution in [-0.4, -0.2) is 22.8 Å². The van der Waals surface area contributed by atoms with Crippen LogP contribution in [0.2, 0.25) is 0 Å². The van der Waals surface area contributed by atoms with Gasteiger partial charge in [-0.05, 0) is 40.6 Å². The summed E-state index contributed by atoms with van der Waals surface area (Å²) in [5, 5.41) is 13.9. The maximum absolute atomic E-state index is 10.6. The van der Waals surface area contributed by atoms with E-state index in [4.69, 9.17) is 10.9 Å². The van der Waals surface area contributed by atoms with Gasteiger partial charge in [-0.3, -0.25) is 5.21 Å². The number of hydrogen-bond acceptors (Lipinski definition) is 3. The first kappa shape index (κ1) is 9.48. The van der Waals surface area contributed by atoms with Gasteiger partial charge in [0.25, 0.3) is 0 Å². The second kappa shape index (κ2) is 3.59. The first-order chi connectivity index (χ1) is 6.68. The molecule has 0 aliphatic heterocycles. The lowest BCUT2D eigenvalue weighted by Crippen LogP contribution is -2.34. The third-order valence-corrected chi connectivity index (χ3v) is 3.26. The molecule has 0 aromatic carbocycles. The van der Waals surface area contributed by atoms with Crippen molar-refractivity contribution >= 4 is 17.4 Å². The lowest BCUT2D eigenvalue weighted by molar-refractivity contribution is -0.0431. The van der Waals surface area contributed by atoms with Crippen LogP contribution in [0.5, 0.6) is 0 Å². The van der Waals surface area contributed by atoms with Crippen molar-refractivity contribution in [1.29, 1.82) is 0 Å². The normalized spacial score (nSPS) is 24.6. The predicted octanol–water partition coefficient (Wildman–Crippen LogP) is 1.62. The van der Waals surface area contributed by atoms with Crippen molar-refractivity contribution in [3.8, 4) is 0 Å². The average Bonchev–Trinajstić information content (AvgIpc) is 2.70. The number of hydrogen-bond donors (Lipinski definition) is 2. The highest BCUT2D eigenvalue weighted by Crippen LogP contribution is 2.48. The molecule has 0 spiro atoms. The van der Waals surface area contributed by atoms with Crippen LogP contribution in [0.25, 0.3) is 0 Å². The van der Waals surface area contributed by atoms with Crippen molar-refractivity contribution in [2.75, 3.05) is 6.54 Å². The van der Waals surface area contributed by atoms with Gasteiger partial charge < -0.3 is 5.73 Å². The first-order valence-corrected chi connectivity index (χ1v) is 5.40. The SMILES string of the molecule is NC(=O)N(O)C[C@@H]1C[C@H]1c1ccsc1. The molecule has 1 fully saturated rings. The number of nitrogens with two attached hydrogens (primary N) is 1. The minimum atomic E-state index is -0.777. The Morgan fingerprint density at radius 3 is 3.14 bits per heavy atom. The van der Waals surface area contributed by atoms with Crippen LogP contribution >= 0.6 is 11.3 Å². The molecule has 1 saturated carbocycles. The molecule has 4 nitrogen and oxygen atoms in total. The van der Waals surface area contributed by atoms with Crippen LogP contribution in [0.1, 0.15) is 17.9 Å². The fourth-order valence-electron chi connectivity index (χ4n) is 1.66. The van der Waals surface area contributed by atoms with E-state index in [2.05, 4.69) is 11.4 Å². The molecule has 0 saturated heterocycles. The molecular formula is C9H12N2O2S. The van der Waals surface area contributed by atoms with E-state index >= 15 is 0 Å². The summed E-state index contributed by atoms with van der Waals surface area (Å²) in [5.74, 6) is 0.859. The molecule has 5 heteroatoms. The molecule has 2 amide bonds. The zero-order valence-electron chi connectivity index (χ0n) is 7.59. The molecule has 1 aliphatic carbocycles. The maximum Gasteiger partial charge on any atom is 0.338 e. The highest BCUT2D eigenvalue weighted by atomic mass is 32.1. The first-order valence-electron chi connectivity index (χ1n) is 4.46. The Morgan fingerprint density at radius 2 is 2.57 bits per heavy atom. The van der Waals surface area contributed by atoms with Crippen molar-refractivity contribution in [3.05, 3.63) is 22.4 Å². The van der Waals surface area contributed by atoms with Gasteiger partial charge in [0.15, 0.2) is 0 Å². The van der Waals surface area contributed by atoms with E-state index in [1.54, 1.807) is 11.3 Å². The summed E-state index contributed by atoms with van der Waals surface area (Å²) < 4.78 is 0. The van der Waals surface area contributed by atoms with E-state index in [0.717, 1.165) is 6.42 Å². The van der Waals surface area contributed by atoms with Gasteiger partial charge >= 0.3 is 6.03 Å². The van der Waals surface area contributed by atoms with Gasteiger partial charge in [0.1, 0.15) is 0 Å². The van der Waals surface area contributed by atoms with Gasteiger partial charge in [0, 0.05) is 0 Å². The van der Waals surface area contributed by atoms with Gasteiger partial charge in [-0.2, -0.15) is 11.3 Å². The number of primary amides is 1. The summed E-state index contributed by atoms with van der Waals surface area (Å²) in [4.78, 5) is 10.6. The quantitative estimate of drug-likeness (QED) is 0.590. The van der Waals surface area contributed by atoms with Crippen molar-refractivity contribution in [1.82, 2.24) is 5.06 Å². The molecule has 14 heavy (non-hydrogen) atoms. The number of hydroxylamine groups is 2. The molecule has 76 valence electrons. The van der Waals surface area contributed by atoms with Gasteiger partial charge in [-0.25, -0.2) is 9.86 Å². The Labute approximate surface area is 85.9 Å². The third-order valence-electron chi connectivity index (χ3n) is 2.56. The summed E-state index contributed by atoms with van der Waals surface area (Å²) in [5.41, 5.74) is 6.22. The molecule has 1 aromatic rings. The Kier molecular flexibility index (Phi) is 2.43. The van der Waals surface area contributed by atoms with Crippen LogP contribution in [0.15, 0.2) is 16.8 Å². The number of urea groups is 1. The summed E-state index contributed by atoms with van der Waals surface area (Å²) in [6, 6.07) is 1.31. The number of carbonyl (C=O) groups excluding carboxylic acids is 1. The molecule has 3 N–H and O–H groups in total. The van der Waals surface area contributed by atoms with Crippen molar-refractivity contribution in [2.45, 2.75) is 12.3 Å². The summed E-state index contributed by atoms with van der Waals surface area (Å²) in [6.07, 6.45) is 1.03. The summed E-state index contributed by atoms with van der Waals surface area (Å²) in [7, 11) is 0. The Morgan fingerprint density at radius 1 is 1.79 bits per heavy atom. The molecular weight excluding hydrogens is 200 g/mol. The molecule has 0 radical (unpaired) electrons. The molecule has 1 aliphatic rings. The number of carbonyl (C=O) groups is 1. The highest BCUT2D eigenvalue weighted by Gasteiger charge is 2.40. The molecule has 0 unspecified atom stereocenters. The van der Waals surface area contributed by atoms with Crippen molar-refractivity contribution in [3.63, 3.8) is 0 Å². The zero-order valence-corrected chi connectivity index (χ0v) is 8.41. The Bertz CT molecular complexity index is 326. The highest BCUT2D eigenvalue weighted by molar-refractivity contribution is 7.08. The third kappa shape index (κ3) is 1.88. The van der Waals surface area contributed by atoms with Gasteiger partial charge in [-0.15, -0.1) is 0 Å². The lowest BCUT2D eigenvalue weighted by Gasteiger charge is -2.10. The predicted molar refractivity (Wildman–Crippen MR) is 53.2 cm³/mol. The average molecular weight is 212 g/mol. The van der Waals surface area contributed by atoms with E-state index in [9.17, 15) is 4.79 Å². The topological polar surface area (TPSA) is 66.6 Å². The zero-order chi connectivity index (χ0) is 10.1. The fraction of sp³-hybridized carbons (Fsp3) is 0.444. The fourth-order valence-corrected chi connectivity index (χ4v) is 2.38. The smallest absolute Gasteiger partial charge is 0.338 e. The number of thiophene rings is 1. The number of amides is 2. The number of rotatable bonds is 3. The van der Waals surface area contributed by atoms with Crippen LogP contribution in [0, 0.1) is 5.92 Å². The van der Waals surface area contributed by atoms with E-state index in [-0.39, 0.29) is 0 Å². The van der Waals surface area contributed by atoms with Gasteiger partial charge in [0.05, 0.1) is 6.54 Å². The van der Waals surface area contributed by atoms with Crippen molar-refractivity contribution in [2.24, 2.45) is 11.7 Å². The molecule has 2 atom stereocenters. The summed E-state index contributed by atoms with van der Waals surface area (Å²) in [6.45, 7) is 0.343. The lowest BCUT2D eigenvalue weighted by atomic mass is 10.2. The molecule has 2 rings (SSSR count). The largest absolute Gasteiger partial charge is 0.350 e.